The minimum absolute atomic E-state index is 0.110. The SMILES string of the molecule is O=C(O)C1CCN(C(=O)NCC2CCCS2)C1. The van der Waals surface area contributed by atoms with Crippen LogP contribution < -0.4 is 5.32 Å². The molecule has 0 aromatic heterocycles. The Morgan fingerprint density at radius 1 is 1.41 bits per heavy atom. The Kier molecular flexibility index (Phi) is 4.15. The second kappa shape index (κ2) is 5.62. The van der Waals surface area contributed by atoms with Gasteiger partial charge in [0.2, 0.25) is 0 Å². The normalized spacial score (nSPS) is 28.4. The van der Waals surface area contributed by atoms with Gasteiger partial charge in [-0.25, -0.2) is 4.79 Å². The number of carbonyl (C=O) groups excluding carboxylic acids is 1. The Labute approximate surface area is 105 Å². The van der Waals surface area contributed by atoms with E-state index in [1.54, 1.807) is 4.90 Å². The molecule has 0 aliphatic carbocycles. The molecule has 2 aliphatic rings. The topological polar surface area (TPSA) is 69.6 Å². The molecule has 2 saturated heterocycles. The Balaban J connectivity index is 1.71. The molecule has 0 saturated carbocycles. The highest BCUT2D eigenvalue weighted by Crippen LogP contribution is 2.25. The van der Waals surface area contributed by atoms with Crippen LogP contribution in [0.1, 0.15) is 19.3 Å². The minimum atomic E-state index is -0.799. The molecule has 2 amide bonds. The second-order valence-corrected chi connectivity index (χ2v) is 6.00. The van der Waals surface area contributed by atoms with E-state index in [0.29, 0.717) is 31.3 Å². The van der Waals surface area contributed by atoms with Crippen molar-refractivity contribution < 1.29 is 14.7 Å². The lowest BCUT2D eigenvalue weighted by Gasteiger charge is -2.18. The van der Waals surface area contributed by atoms with Gasteiger partial charge >= 0.3 is 12.0 Å². The first-order chi connectivity index (χ1) is 8.16. The summed E-state index contributed by atoms with van der Waals surface area (Å²) in [6, 6.07) is -0.110. The number of rotatable bonds is 3. The molecule has 2 atom stereocenters. The average molecular weight is 258 g/mol. The smallest absolute Gasteiger partial charge is 0.317 e. The Morgan fingerprint density at radius 2 is 2.24 bits per heavy atom. The number of thioether (sulfide) groups is 1. The van der Waals surface area contributed by atoms with Crippen LogP contribution in [-0.4, -0.2) is 52.6 Å². The third-order valence-electron chi connectivity index (χ3n) is 3.33. The number of carboxylic acids is 1. The number of urea groups is 1. The van der Waals surface area contributed by atoms with E-state index in [9.17, 15) is 9.59 Å². The van der Waals surface area contributed by atoms with Crippen molar-refractivity contribution in [2.75, 3.05) is 25.4 Å². The van der Waals surface area contributed by atoms with E-state index < -0.39 is 5.97 Å². The zero-order valence-electron chi connectivity index (χ0n) is 9.72. The van der Waals surface area contributed by atoms with E-state index in [1.807, 2.05) is 11.8 Å². The Hall–Kier alpha value is -0.910. The number of likely N-dealkylation sites (tertiary alicyclic amines) is 1. The third-order valence-corrected chi connectivity index (χ3v) is 4.73. The van der Waals surface area contributed by atoms with Crippen molar-refractivity contribution in [1.29, 1.82) is 0 Å². The van der Waals surface area contributed by atoms with E-state index in [1.165, 1.54) is 18.6 Å². The van der Waals surface area contributed by atoms with Crippen molar-refractivity contribution in [3.63, 3.8) is 0 Å². The maximum atomic E-state index is 11.8. The largest absolute Gasteiger partial charge is 0.481 e. The summed E-state index contributed by atoms with van der Waals surface area (Å²) in [5, 5.41) is 12.3. The van der Waals surface area contributed by atoms with Crippen molar-refractivity contribution in [2.24, 2.45) is 5.92 Å². The zero-order chi connectivity index (χ0) is 12.3. The molecule has 2 N–H and O–H groups in total. The molecule has 2 rings (SSSR count). The zero-order valence-corrected chi connectivity index (χ0v) is 10.5. The van der Waals surface area contributed by atoms with Crippen molar-refractivity contribution in [3.8, 4) is 0 Å². The van der Waals surface area contributed by atoms with Gasteiger partial charge in [0.25, 0.3) is 0 Å². The Morgan fingerprint density at radius 3 is 2.82 bits per heavy atom. The van der Waals surface area contributed by atoms with Gasteiger partial charge in [-0.1, -0.05) is 0 Å². The summed E-state index contributed by atoms with van der Waals surface area (Å²) < 4.78 is 0. The van der Waals surface area contributed by atoms with Crippen molar-refractivity contribution >= 4 is 23.8 Å². The first-order valence-electron chi connectivity index (χ1n) is 6.04. The lowest BCUT2D eigenvalue weighted by atomic mass is 10.1. The fraction of sp³-hybridized carbons (Fsp3) is 0.818. The molecule has 0 radical (unpaired) electrons. The lowest BCUT2D eigenvalue weighted by molar-refractivity contribution is -0.141. The molecule has 2 heterocycles. The van der Waals surface area contributed by atoms with Crippen LogP contribution >= 0.6 is 11.8 Å². The summed E-state index contributed by atoms with van der Waals surface area (Å²) in [5.41, 5.74) is 0. The van der Waals surface area contributed by atoms with Gasteiger partial charge in [0.15, 0.2) is 0 Å². The molecule has 5 nitrogen and oxygen atoms in total. The predicted molar refractivity (Wildman–Crippen MR) is 66.2 cm³/mol. The van der Waals surface area contributed by atoms with Gasteiger partial charge in [-0.3, -0.25) is 4.79 Å². The first-order valence-corrected chi connectivity index (χ1v) is 7.09. The quantitative estimate of drug-likeness (QED) is 0.792. The molecular formula is C11H18N2O3S. The van der Waals surface area contributed by atoms with Crippen LogP contribution in [0.2, 0.25) is 0 Å². The summed E-state index contributed by atoms with van der Waals surface area (Å²) in [7, 11) is 0. The van der Waals surface area contributed by atoms with Gasteiger partial charge < -0.3 is 15.3 Å². The van der Waals surface area contributed by atoms with Crippen LogP contribution in [0, 0.1) is 5.92 Å². The predicted octanol–water partition coefficient (Wildman–Crippen LogP) is 0.998. The molecule has 0 aromatic rings. The number of hydrogen-bond acceptors (Lipinski definition) is 3. The van der Waals surface area contributed by atoms with Gasteiger partial charge in [0, 0.05) is 24.9 Å². The third kappa shape index (κ3) is 3.28. The number of carbonyl (C=O) groups is 2. The molecule has 2 aliphatic heterocycles. The number of nitrogens with one attached hydrogen (secondary N) is 1. The van der Waals surface area contributed by atoms with Crippen molar-refractivity contribution in [1.82, 2.24) is 10.2 Å². The number of aliphatic carboxylic acids is 1. The molecule has 2 fully saturated rings. The summed E-state index contributed by atoms with van der Waals surface area (Å²) in [4.78, 5) is 24.2. The minimum Gasteiger partial charge on any atom is -0.481 e. The van der Waals surface area contributed by atoms with Crippen LogP contribution in [0.3, 0.4) is 0 Å². The van der Waals surface area contributed by atoms with Crippen LogP contribution in [0.4, 0.5) is 4.79 Å². The molecular weight excluding hydrogens is 240 g/mol. The average Bonchev–Trinajstić information content (AvgIpc) is 2.96. The number of amides is 2. The molecule has 0 aromatic carbocycles. The highest BCUT2D eigenvalue weighted by molar-refractivity contribution is 8.00. The summed E-state index contributed by atoms with van der Waals surface area (Å²) in [6.07, 6.45) is 2.97. The van der Waals surface area contributed by atoms with E-state index >= 15 is 0 Å². The molecule has 2 unspecified atom stereocenters. The molecule has 0 spiro atoms. The summed E-state index contributed by atoms with van der Waals surface area (Å²) in [5.74, 6) is -0.000949. The number of nitrogens with zero attached hydrogens (tertiary/aromatic N) is 1. The summed E-state index contributed by atoms with van der Waals surface area (Å²) in [6.45, 7) is 1.61. The fourth-order valence-corrected chi connectivity index (χ4v) is 3.47. The summed E-state index contributed by atoms with van der Waals surface area (Å²) >= 11 is 1.90. The maximum Gasteiger partial charge on any atom is 0.317 e. The maximum absolute atomic E-state index is 11.8. The fourth-order valence-electron chi connectivity index (χ4n) is 2.26. The van der Waals surface area contributed by atoms with E-state index in [2.05, 4.69) is 5.32 Å². The monoisotopic (exact) mass is 258 g/mol. The van der Waals surface area contributed by atoms with Crippen LogP contribution in [0.5, 0.6) is 0 Å². The molecule has 0 bridgehead atoms. The van der Waals surface area contributed by atoms with Crippen LogP contribution in [-0.2, 0) is 4.79 Å². The van der Waals surface area contributed by atoms with Crippen molar-refractivity contribution in [3.05, 3.63) is 0 Å². The second-order valence-electron chi connectivity index (χ2n) is 4.59. The molecule has 17 heavy (non-hydrogen) atoms. The van der Waals surface area contributed by atoms with Crippen molar-refractivity contribution in [2.45, 2.75) is 24.5 Å². The Bertz CT molecular complexity index is 305. The van der Waals surface area contributed by atoms with Crippen LogP contribution in [0.15, 0.2) is 0 Å². The highest BCUT2D eigenvalue weighted by atomic mass is 32.2. The first kappa shape index (κ1) is 12.5. The number of carboxylic acid groups (broad SMARTS) is 1. The van der Waals surface area contributed by atoms with Gasteiger partial charge in [-0.2, -0.15) is 11.8 Å². The molecule has 96 valence electrons. The number of hydrogen-bond donors (Lipinski definition) is 2. The van der Waals surface area contributed by atoms with E-state index in [0.717, 1.165) is 0 Å². The van der Waals surface area contributed by atoms with Gasteiger partial charge in [-0.05, 0) is 25.0 Å². The molecule has 6 heteroatoms. The van der Waals surface area contributed by atoms with Gasteiger partial charge in [0.05, 0.1) is 5.92 Å². The van der Waals surface area contributed by atoms with E-state index in [4.69, 9.17) is 5.11 Å². The lowest BCUT2D eigenvalue weighted by Crippen LogP contribution is -2.41. The standard InChI is InChI=1S/C11H18N2O3S/c14-10(15)8-3-4-13(7-8)11(16)12-6-9-2-1-5-17-9/h8-9H,1-7H2,(H,12,16)(H,14,15). The van der Waals surface area contributed by atoms with Gasteiger partial charge in [-0.15, -0.1) is 0 Å². The van der Waals surface area contributed by atoms with E-state index in [-0.39, 0.29) is 11.9 Å². The van der Waals surface area contributed by atoms with Crippen LogP contribution in [0.25, 0.3) is 0 Å². The van der Waals surface area contributed by atoms with Gasteiger partial charge in [0.1, 0.15) is 0 Å². The highest BCUT2D eigenvalue weighted by Gasteiger charge is 2.31.